The summed E-state index contributed by atoms with van der Waals surface area (Å²) in [6.45, 7) is 0.168. The number of alkyl halides is 3. The summed E-state index contributed by atoms with van der Waals surface area (Å²) in [5.41, 5.74) is -0.0919. The molecule has 0 radical (unpaired) electrons. The van der Waals surface area contributed by atoms with Crippen LogP contribution in [0.2, 0.25) is 0 Å². The fourth-order valence-electron chi connectivity index (χ4n) is 1.66. The summed E-state index contributed by atoms with van der Waals surface area (Å²) in [6.07, 6.45) is -6.38. The summed E-state index contributed by atoms with van der Waals surface area (Å²) in [5, 5.41) is 33.7. The third-order valence-corrected chi connectivity index (χ3v) is 2.84. The van der Waals surface area contributed by atoms with Gasteiger partial charge in [0.05, 0.1) is 12.7 Å². The molecule has 24 heavy (non-hydrogen) atoms. The summed E-state index contributed by atoms with van der Waals surface area (Å²) in [5.74, 6) is -0.454. The zero-order valence-electron chi connectivity index (χ0n) is 12.7. The number of halogens is 4. The topological polar surface area (TPSA) is 115 Å². The van der Waals surface area contributed by atoms with Crippen LogP contribution in [0.4, 0.5) is 23.5 Å². The predicted octanol–water partition coefficient (Wildman–Crippen LogP) is 0.495. The highest BCUT2D eigenvalue weighted by Crippen LogP contribution is 2.28. The summed E-state index contributed by atoms with van der Waals surface area (Å²) >= 11 is 0. The van der Waals surface area contributed by atoms with Gasteiger partial charge in [0.25, 0.3) is 0 Å². The highest BCUT2D eigenvalue weighted by atomic mass is 19.4. The largest absolute Gasteiger partial charge is 0.433 e. The molecule has 1 aliphatic heterocycles. The van der Waals surface area contributed by atoms with Gasteiger partial charge < -0.3 is 25.2 Å². The van der Waals surface area contributed by atoms with Gasteiger partial charge in [-0.25, -0.2) is 10.5 Å². The van der Waals surface area contributed by atoms with E-state index in [0.29, 0.717) is 13.0 Å². The minimum Gasteiger partial charge on any atom is -0.400 e. The third-order valence-electron chi connectivity index (χ3n) is 2.84. The van der Waals surface area contributed by atoms with Crippen molar-refractivity contribution in [3.63, 3.8) is 0 Å². The molecule has 1 aliphatic rings. The number of nitrogens with zero attached hydrogens (tertiary/aromatic N) is 1. The maximum absolute atomic E-state index is 11.9. The van der Waals surface area contributed by atoms with Crippen molar-refractivity contribution in [1.29, 1.82) is 0 Å². The van der Waals surface area contributed by atoms with Gasteiger partial charge in [-0.2, -0.15) is 13.2 Å². The summed E-state index contributed by atoms with van der Waals surface area (Å²) in [4.78, 5) is 2.95. The van der Waals surface area contributed by atoms with E-state index in [9.17, 15) is 17.7 Å². The van der Waals surface area contributed by atoms with Crippen molar-refractivity contribution in [3.05, 3.63) is 23.9 Å². The first-order chi connectivity index (χ1) is 11.3. The van der Waals surface area contributed by atoms with Gasteiger partial charge in [0, 0.05) is 13.7 Å². The molecule has 2 rings (SSSR count). The van der Waals surface area contributed by atoms with Gasteiger partial charge in [0.2, 0.25) is 0 Å². The Morgan fingerprint density at radius 2 is 1.92 bits per heavy atom. The number of ether oxygens (including phenoxy) is 1. The minimum absolute atomic E-state index is 0.238. The first-order valence-corrected chi connectivity index (χ1v) is 6.73. The fraction of sp³-hybridized carbons (Fsp3) is 0.615. The van der Waals surface area contributed by atoms with Crippen LogP contribution in [0.1, 0.15) is 12.1 Å². The van der Waals surface area contributed by atoms with Gasteiger partial charge in [0.15, 0.2) is 5.82 Å². The molecule has 7 nitrogen and oxygen atoms in total. The standard InChI is InChI=1S/C6H4F4N2.C6H12O4.CH4O/c7-6(8,9)4-2-1-3-5(11-4)12-10;7-3-5-6(9)4(8)1-2-10-5;1-2/h1-3H,(H,11,12);4-9H,1-3H2;2H,1H3. The smallest absolute Gasteiger partial charge is 0.400 e. The number of hydrogen-bond donors (Lipinski definition) is 5. The van der Waals surface area contributed by atoms with E-state index in [4.69, 9.17) is 25.2 Å². The van der Waals surface area contributed by atoms with Gasteiger partial charge in [-0.3, -0.25) is 0 Å². The normalized spacial score (nSPS) is 23.3. The van der Waals surface area contributed by atoms with Gasteiger partial charge in [-0.05, 0) is 18.6 Å². The van der Waals surface area contributed by atoms with E-state index in [2.05, 4.69) is 4.98 Å². The first-order valence-electron chi connectivity index (χ1n) is 6.73. The molecule has 1 saturated heterocycles. The van der Waals surface area contributed by atoms with Crippen LogP contribution in [-0.2, 0) is 10.9 Å². The van der Waals surface area contributed by atoms with E-state index in [-0.39, 0.29) is 6.61 Å². The van der Waals surface area contributed by atoms with Crippen LogP contribution < -0.4 is 5.54 Å². The number of pyridine rings is 1. The number of aliphatic hydroxyl groups excluding tert-OH is 4. The van der Waals surface area contributed by atoms with Gasteiger partial charge in [-0.1, -0.05) is 6.07 Å². The molecule has 0 bridgehead atoms. The zero-order chi connectivity index (χ0) is 18.8. The number of aliphatic hydroxyl groups is 4. The maximum atomic E-state index is 11.9. The van der Waals surface area contributed by atoms with Crippen molar-refractivity contribution in [3.8, 4) is 0 Å². The molecule has 1 aromatic rings. The number of nitrogens with one attached hydrogen (secondary N) is 1. The Labute approximate surface area is 135 Å². The van der Waals surface area contributed by atoms with Gasteiger partial charge >= 0.3 is 6.18 Å². The Balaban J connectivity index is 0.000000405. The van der Waals surface area contributed by atoms with Crippen LogP contribution >= 0.6 is 0 Å². The zero-order valence-corrected chi connectivity index (χ0v) is 12.7. The van der Waals surface area contributed by atoms with E-state index in [1.807, 2.05) is 0 Å². The van der Waals surface area contributed by atoms with Crippen molar-refractivity contribution in [2.45, 2.75) is 30.9 Å². The Morgan fingerprint density at radius 1 is 1.29 bits per heavy atom. The van der Waals surface area contributed by atoms with Crippen LogP contribution in [0, 0.1) is 0 Å². The lowest BCUT2D eigenvalue weighted by Gasteiger charge is -2.30. The second-order valence-corrected chi connectivity index (χ2v) is 4.44. The van der Waals surface area contributed by atoms with E-state index >= 15 is 0 Å². The average Bonchev–Trinajstić information content (AvgIpc) is 2.59. The molecule has 0 aliphatic carbocycles. The third kappa shape index (κ3) is 7.36. The molecule has 0 aromatic carbocycles. The van der Waals surface area contributed by atoms with Crippen LogP contribution in [-0.4, -0.2) is 64.0 Å². The molecule has 5 N–H and O–H groups in total. The molecule has 3 atom stereocenters. The molecular weight excluding hydrogens is 340 g/mol. The summed E-state index contributed by atoms with van der Waals surface area (Å²) in [7, 11) is 1.00. The predicted molar refractivity (Wildman–Crippen MR) is 75.6 cm³/mol. The molecule has 140 valence electrons. The molecule has 1 fully saturated rings. The SMILES string of the molecule is CO.FNc1cccc(C(F)(F)F)n1.OCC1OCCC(O)C1O. The van der Waals surface area contributed by atoms with Crippen LogP contribution in [0.25, 0.3) is 0 Å². The molecule has 0 amide bonds. The quantitative estimate of drug-likeness (QED) is 0.385. The molecular formula is C13H20F4N2O5. The summed E-state index contributed by atoms with van der Waals surface area (Å²) in [6, 6.07) is 2.92. The highest BCUT2D eigenvalue weighted by molar-refractivity contribution is 5.33. The maximum Gasteiger partial charge on any atom is 0.433 e. The Morgan fingerprint density at radius 3 is 2.38 bits per heavy atom. The van der Waals surface area contributed by atoms with Crippen molar-refractivity contribution < 1.29 is 42.8 Å². The molecule has 3 unspecified atom stereocenters. The van der Waals surface area contributed by atoms with Crippen molar-refractivity contribution in [2.24, 2.45) is 0 Å². The lowest BCUT2D eigenvalue weighted by atomic mass is 10.0. The van der Waals surface area contributed by atoms with Gasteiger partial charge in [0.1, 0.15) is 17.9 Å². The lowest BCUT2D eigenvalue weighted by Crippen LogP contribution is -2.46. The Bertz CT molecular complexity index is 464. The molecule has 1 aromatic heterocycles. The van der Waals surface area contributed by atoms with Crippen molar-refractivity contribution in [1.82, 2.24) is 4.98 Å². The molecule has 0 saturated carbocycles. The Kier molecular flexibility index (Phi) is 10.4. The van der Waals surface area contributed by atoms with Crippen LogP contribution in [0.5, 0.6) is 0 Å². The second kappa shape index (κ2) is 11.1. The van der Waals surface area contributed by atoms with E-state index < -0.39 is 36.0 Å². The minimum atomic E-state index is -4.53. The number of rotatable bonds is 2. The van der Waals surface area contributed by atoms with Gasteiger partial charge in [-0.15, -0.1) is 4.48 Å². The van der Waals surface area contributed by atoms with E-state index in [0.717, 1.165) is 30.8 Å². The van der Waals surface area contributed by atoms with Crippen LogP contribution in [0.15, 0.2) is 18.2 Å². The highest BCUT2D eigenvalue weighted by Gasteiger charge is 2.32. The summed E-state index contributed by atoms with van der Waals surface area (Å²) < 4.78 is 52.2. The first kappa shape index (κ1) is 22.5. The fourth-order valence-corrected chi connectivity index (χ4v) is 1.66. The van der Waals surface area contributed by atoms with Crippen LogP contribution in [0.3, 0.4) is 0 Å². The monoisotopic (exact) mass is 360 g/mol. The number of anilines is 1. The molecule has 0 spiro atoms. The van der Waals surface area contributed by atoms with E-state index in [1.165, 1.54) is 0 Å². The molecule has 11 heteroatoms. The Hall–Kier alpha value is -1.53. The lowest BCUT2D eigenvalue weighted by molar-refractivity contribution is -0.147. The van der Waals surface area contributed by atoms with Crippen molar-refractivity contribution in [2.75, 3.05) is 25.9 Å². The number of hydrogen-bond acceptors (Lipinski definition) is 7. The average molecular weight is 360 g/mol. The number of aromatic nitrogens is 1. The van der Waals surface area contributed by atoms with Crippen molar-refractivity contribution >= 4 is 5.82 Å². The second-order valence-electron chi connectivity index (χ2n) is 4.44. The van der Waals surface area contributed by atoms with E-state index in [1.54, 1.807) is 0 Å². The molecule has 2 heterocycles.